The van der Waals surface area contributed by atoms with Gasteiger partial charge < -0.3 is 20.1 Å². The summed E-state index contributed by atoms with van der Waals surface area (Å²) in [5.74, 6) is -0.276. The molecule has 184 valence electrons. The van der Waals surface area contributed by atoms with Crippen LogP contribution >= 0.6 is 0 Å². The van der Waals surface area contributed by atoms with Crippen LogP contribution < -0.4 is 15.4 Å². The Hall–Kier alpha value is -3.65. The third-order valence-corrected chi connectivity index (χ3v) is 6.35. The van der Waals surface area contributed by atoms with Crippen LogP contribution in [0.3, 0.4) is 0 Å². The van der Waals surface area contributed by atoms with Crippen molar-refractivity contribution in [1.82, 2.24) is 15.5 Å². The van der Waals surface area contributed by atoms with E-state index >= 15 is 0 Å². The number of likely N-dealkylation sites (tertiary alicyclic amines) is 1. The first kappa shape index (κ1) is 24.5. The van der Waals surface area contributed by atoms with Gasteiger partial charge in [0.1, 0.15) is 5.75 Å². The predicted octanol–water partition coefficient (Wildman–Crippen LogP) is 3.70. The SMILES string of the molecule is CC(=O)Oc1cccc(C2NC(=O)NC(C)=C2C(=O)OCC2CCN(Cc3ccccc3)CC2)c1. The van der Waals surface area contributed by atoms with E-state index in [0.717, 1.165) is 32.5 Å². The van der Waals surface area contributed by atoms with E-state index in [1.165, 1.54) is 12.5 Å². The average molecular weight is 478 g/mol. The van der Waals surface area contributed by atoms with Crippen LogP contribution in [-0.4, -0.2) is 42.6 Å². The third kappa shape index (κ3) is 6.48. The molecule has 2 aliphatic heterocycles. The summed E-state index contributed by atoms with van der Waals surface area (Å²) < 4.78 is 10.9. The zero-order valence-corrected chi connectivity index (χ0v) is 20.1. The van der Waals surface area contributed by atoms with Crippen LogP contribution in [0.4, 0.5) is 4.79 Å². The molecule has 0 spiro atoms. The summed E-state index contributed by atoms with van der Waals surface area (Å²) in [4.78, 5) is 39.1. The number of hydrogen-bond acceptors (Lipinski definition) is 6. The van der Waals surface area contributed by atoms with Crippen molar-refractivity contribution in [3.05, 3.63) is 77.0 Å². The molecular formula is C27H31N3O5. The maximum atomic E-state index is 13.1. The lowest BCUT2D eigenvalue weighted by Crippen LogP contribution is -2.45. The highest BCUT2D eigenvalue weighted by atomic mass is 16.5. The molecule has 1 atom stereocenters. The maximum absolute atomic E-state index is 13.1. The number of ether oxygens (including phenoxy) is 2. The molecule has 8 nitrogen and oxygen atoms in total. The van der Waals surface area contributed by atoms with Gasteiger partial charge in [0, 0.05) is 19.2 Å². The number of carbonyl (C=O) groups excluding carboxylic acids is 3. The molecule has 0 bridgehead atoms. The van der Waals surface area contributed by atoms with Gasteiger partial charge in [-0.3, -0.25) is 9.69 Å². The fourth-order valence-electron chi connectivity index (χ4n) is 4.56. The first-order chi connectivity index (χ1) is 16.9. The largest absolute Gasteiger partial charge is 0.462 e. The molecule has 2 aromatic carbocycles. The Morgan fingerprint density at radius 2 is 1.80 bits per heavy atom. The van der Waals surface area contributed by atoms with Gasteiger partial charge in [-0.05, 0) is 62.0 Å². The minimum absolute atomic E-state index is 0.295. The molecule has 0 radical (unpaired) electrons. The Bertz CT molecular complexity index is 1110. The minimum Gasteiger partial charge on any atom is -0.462 e. The van der Waals surface area contributed by atoms with E-state index in [0.29, 0.717) is 35.1 Å². The number of rotatable bonds is 7. The van der Waals surface area contributed by atoms with Gasteiger partial charge in [0.25, 0.3) is 0 Å². The standard InChI is InChI=1S/C27H31N3O5/c1-18-24(25(29-27(33)28-18)22-9-6-10-23(15-22)35-19(2)31)26(32)34-17-21-11-13-30(14-12-21)16-20-7-4-3-5-8-20/h3-10,15,21,25H,11-14,16-17H2,1-2H3,(H2,28,29,33). The van der Waals surface area contributed by atoms with Crippen LogP contribution in [0.2, 0.25) is 0 Å². The Kier molecular flexibility index (Phi) is 7.82. The smallest absolute Gasteiger partial charge is 0.338 e. The number of urea groups is 1. The van der Waals surface area contributed by atoms with Crippen molar-refractivity contribution in [2.24, 2.45) is 5.92 Å². The quantitative estimate of drug-likeness (QED) is 0.466. The molecule has 2 aliphatic rings. The van der Waals surface area contributed by atoms with Gasteiger partial charge >= 0.3 is 18.0 Å². The number of nitrogens with one attached hydrogen (secondary N) is 2. The minimum atomic E-state index is -0.709. The van der Waals surface area contributed by atoms with Gasteiger partial charge in [-0.1, -0.05) is 42.5 Å². The molecule has 4 rings (SSSR count). The Morgan fingerprint density at radius 3 is 2.51 bits per heavy atom. The monoisotopic (exact) mass is 477 g/mol. The molecule has 8 heteroatoms. The molecule has 1 unspecified atom stereocenters. The van der Waals surface area contributed by atoms with Crippen molar-refractivity contribution in [2.75, 3.05) is 19.7 Å². The Balaban J connectivity index is 1.37. The average Bonchev–Trinajstić information content (AvgIpc) is 2.83. The summed E-state index contributed by atoms with van der Waals surface area (Å²) in [5.41, 5.74) is 2.71. The third-order valence-electron chi connectivity index (χ3n) is 6.35. The fraction of sp³-hybridized carbons (Fsp3) is 0.370. The van der Waals surface area contributed by atoms with E-state index < -0.39 is 24.0 Å². The van der Waals surface area contributed by atoms with Crippen molar-refractivity contribution >= 4 is 18.0 Å². The predicted molar refractivity (Wildman–Crippen MR) is 130 cm³/mol. The van der Waals surface area contributed by atoms with Crippen LogP contribution in [0.25, 0.3) is 0 Å². The molecule has 35 heavy (non-hydrogen) atoms. The molecule has 0 aromatic heterocycles. The molecule has 2 aromatic rings. The lowest BCUT2D eigenvalue weighted by molar-refractivity contribution is -0.141. The zero-order valence-electron chi connectivity index (χ0n) is 20.1. The second kappa shape index (κ2) is 11.2. The van der Waals surface area contributed by atoms with Crippen LogP contribution in [0.15, 0.2) is 65.9 Å². The van der Waals surface area contributed by atoms with E-state index in [4.69, 9.17) is 9.47 Å². The van der Waals surface area contributed by atoms with E-state index in [1.807, 2.05) is 6.07 Å². The number of nitrogens with zero attached hydrogens (tertiary/aromatic N) is 1. The fourth-order valence-corrected chi connectivity index (χ4v) is 4.56. The van der Waals surface area contributed by atoms with Crippen molar-refractivity contribution in [3.63, 3.8) is 0 Å². The summed E-state index contributed by atoms with van der Waals surface area (Å²) >= 11 is 0. The van der Waals surface area contributed by atoms with Gasteiger partial charge in [0.05, 0.1) is 18.2 Å². The number of benzene rings is 2. The van der Waals surface area contributed by atoms with Crippen LogP contribution in [0.1, 0.15) is 43.9 Å². The van der Waals surface area contributed by atoms with Gasteiger partial charge in [0.15, 0.2) is 0 Å². The van der Waals surface area contributed by atoms with Crippen molar-refractivity contribution in [3.8, 4) is 5.75 Å². The van der Waals surface area contributed by atoms with Crippen molar-refractivity contribution in [1.29, 1.82) is 0 Å². The molecule has 1 fully saturated rings. The summed E-state index contributed by atoms with van der Waals surface area (Å²) in [5, 5.41) is 5.45. The normalized spacial score (nSPS) is 19.0. The number of piperidine rings is 1. The Labute approximate surface area is 205 Å². The molecular weight excluding hydrogens is 446 g/mol. The molecule has 1 saturated heterocycles. The molecule has 0 saturated carbocycles. The van der Waals surface area contributed by atoms with Gasteiger partial charge in [0.2, 0.25) is 0 Å². The number of esters is 2. The summed E-state index contributed by atoms with van der Waals surface area (Å²) in [7, 11) is 0. The number of carbonyl (C=O) groups is 3. The highest BCUT2D eigenvalue weighted by Gasteiger charge is 2.33. The molecule has 2 heterocycles. The van der Waals surface area contributed by atoms with Crippen LogP contribution in [0.5, 0.6) is 5.75 Å². The van der Waals surface area contributed by atoms with Gasteiger partial charge in [-0.15, -0.1) is 0 Å². The van der Waals surface area contributed by atoms with E-state index in [2.05, 4.69) is 39.8 Å². The van der Waals surface area contributed by atoms with Crippen LogP contribution in [0, 0.1) is 5.92 Å². The highest BCUT2D eigenvalue weighted by Crippen LogP contribution is 2.30. The highest BCUT2D eigenvalue weighted by molar-refractivity contribution is 5.95. The Morgan fingerprint density at radius 1 is 1.06 bits per heavy atom. The van der Waals surface area contributed by atoms with Gasteiger partial charge in [-0.2, -0.15) is 0 Å². The number of hydrogen-bond donors (Lipinski definition) is 2. The first-order valence-corrected chi connectivity index (χ1v) is 11.9. The maximum Gasteiger partial charge on any atom is 0.338 e. The summed E-state index contributed by atoms with van der Waals surface area (Å²) in [6.07, 6.45) is 1.92. The molecule has 0 aliphatic carbocycles. The number of amides is 2. The summed E-state index contributed by atoms with van der Waals surface area (Å²) in [6, 6.07) is 16.1. The second-order valence-corrected chi connectivity index (χ2v) is 9.04. The first-order valence-electron chi connectivity index (χ1n) is 11.9. The van der Waals surface area contributed by atoms with E-state index in [1.54, 1.807) is 31.2 Å². The topological polar surface area (TPSA) is 97.0 Å². The lowest BCUT2D eigenvalue weighted by Gasteiger charge is -2.32. The van der Waals surface area contributed by atoms with E-state index in [-0.39, 0.29) is 0 Å². The van der Waals surface area contributed by atoms with Gasteiger partial charge in [-0.25, -0.2) is 9.59 Å². The summed E-state index contributed by atoms with van der Waals surface area (Å²) in [6.45, 7) is 6.18. The lowest BCUT2D eigenvalue weighted by atomic mass is 9.95. The van der Waals surface area contributed by atoms with E-state index in [9.17, 15) is 14.4 Å². The van der Waals surface area contributed by atoms with Crippen LogP contribution in [-0.2, 0) is 20.9 Å². The number of allylic oxidation sites excluding steroid dienone is 1. The van der Waals surface area contributed by atoms with Crippen molar-refractivity contribution in [2.45, 2.75) is 39.3 Å². The second-order valence-electron chi connectivity index (χ2n) is 9.04. The molecule has 2 N–H and O–H groups in total. The molecule has 2 amide bonds. The zero-order chi connectivity index (χ0) is 24.8. The van der Waals surface area contributed by atoms with Crippen molar-refractivity contribution < 1.29 is 23.9 Å².